The molecule has 2 aromatic heterocycles. The molecule has 38 heavy (non-hydrogen) atoms. The molecule has 2 aliphatic carbocycles. The van der Waals surface area contributed by atoms with E-state index in [-0.39, 0.29) is 35.7 Å². The molecule has 3 unspecified atom stereocenters. The van der Waals surface area contributed by atoms with Crippen molar-refractivity contribution in [3.8, 4) is 0 Å². The number of H-pyrrole nitrogens is 1. The zero-order valence-electron chi connectivity index (χ0n) is 21.2. The highest BCUT2D eigenvalue weighted by Gasteiger charge is 2.38. The summed E-state index contributed by atoms with van der Waals surface area (Å²) < 4.78 is 0. The number of carbonyl (C=O) groups excluding carboxylic acids is 3. The molecule has 3 aliphatic rings. The molecular formula is C27H31ClN6O3S. The first-order valence-corrected chi connectivity index (χ1v) is 14.4. The summed E-state index contributed by atoms with van der Waals surface area (Å²) in [7, 11) is 2.06. The molecule has 3 amide bonds. The predicted molar refractivity (Wildman–Crippen MR) is 146 cm³/mol. The van der Waals surface area contributed by atoms with Gasteiger partial charge in [0.1, 0.15) is 5.69 Å². The molecule has 2 saturated carbocycles. The zero-order valence-corrected chi connectivity index (χ0v) is 22.8. The minimum atomic E-state index is -0.391. The number of aromatic nitrogens is 2. The molecule has 3 aromatic rings. The summed E-state index contributed by atoms with van der Waals surface area (Å²) in [5, 5.41) is 11.2. The van der Waals surface area contributed by atoms with E-state index in [1.165, 1.54) is 11.3 Å². The number of amides is 3. The number of likely N-dealkylation sites (N-methyl/N-ethyl adjacent to an activating group) is 1. The van der Waals surface area contributed by atoms with Crippen molar-refractivity contribution in [3.63, 3.8) is 0 Å². The first-order chi connectivity index (χ1) is 18.3. The molecule has 1 aromatic carbocycles. The van der Waals surface area contributed by atoms with E-state index in [0.29, 0.717) is 35.0 Å². The van der Waals surface area contributed by atoms with Gasteiger partial charge in [0.25, 0.3) is 11.8 Å². The van der Waals surface area contributed by atoms with Gasteiger partial charge >= 0.3 is 0 Å². The summed E-state index contributed by atoms with van der Waals surface area (Å²) in [4.78, 5) is 50.5. The van der Waals surface area contributed by atoms with Gasteiger partial charge in [0, 0.05) is 58.3 Å². The Labute approximate surface area is 229 Å². The van der Waals surface area contributed by atoms with Gasteiger partial charge in [0.15, 0.2) is 5.01 Å². The molecule has 4 N–H and O–H groups in total. The Morgan fingerprint density at radius 2 is 1.87 bits per heavy atom. The van der Waals surface area contributed by atoms with Crippen LogP contribution in [-0.2, 0) is 17.8 Å². The quantitative estimate of drug-likeness (QED) is 0.373. The van der Waals surface area contributed by atoms with Crippen LogP contribution in [0, 0.1) is 5.92 Å². The van der Waals surface area contributed by atoms with Gasteiger partial charge in [-0.3, -0.25) is 14.4 Å². The summed E-state index contributed by atoms with van der Waals surface area (Å²) >= 11 is 7.53. The molecule has 0 spiro atoms. The minimum absolute atomic E-state index is 0.0387. The Balaban J connectivity index is 1.19. The third kappa shape index (κ3) is 5.43. The summed E-state index contributed by atoms with van der Waals surface area (Å²) in [5.74, 6) is -0.672. The van der Waals surface area contributed by atoms with Crippen LogP contribution < -0.4 is 16.0 Å². The third-order valence-corrected chi connectivity index (χ3v) is 9.04. The van der Waals surface area contributed by atoms with E-state index in [1.54, 1.807) is 12.1 Å². The third-order valence-electron chi connectivity index (χ3n) is 7.72. The summed E-state index contributed by atoms with van der Waals surface area (Å²) in [5.41, 5.74) is 2.24. The number of thiazole rings is 1. The first kappa shape index (κ1) is 25.3. The molecule has 3 atom stereocenters. The fourth-order valence-corrected chi connectivity index (χ4v) is 6.68. The molecular weight excluding hydrogens is 524 g/mol. The van der Waals surface area contributed by atoms with Gasteiger partial charge in [-0.15, -0.1) is 11.3 Å². The molecule has 0 bridgehead atoms. The molecule has 200 valence electrons. The average molecular weight is 555 g/mol. The molecule has 3 heterocycles. The highest BCUT2D eigenvalue weighted by Crippen LogP contribution is 2.29. The molecule has 9 nitrogen and oxygen atoms in total. The highest BCUT2D eigenvalue weighted by molar-refractivity contribution is 7.13. The van der Waals surface area contributed by atoms with Crippen molar-refractivity contribution in [1.82, 2.24) is 30.8 Å². The SMILES string of the molecule is CN1CCc2nc(C(=O)NC3CC(C(=O)NC4CC4)CCC3NC(=O)c3cc4cc(Cl)ccc4[nH]3)sc2C1. The summed E-state index contributed by atoms with van der Waals surface area (Å²) in [6.45, 7) is 1.72. The number of hydrogen-bond acceptors (Lipinski definition) is 6. The van der Waals surface area contributed by atoms with E-state index in [9.17, 15) is 14.4 Å². The fraction of sp³-hybridized carbons (Fsp3) is 0.481. The van der Waals surface area contributed by atoms with E-state index >= 15 is 0 Å². The molecule has 0 radical (unpaired) electrons. The van der Waals surface area contributed by atoms with Gasteiger partial charge < -0.3 is 25.8 Å². The van der Waals surface area contributed by atoms with Crippen molar-refractivity contribution in [2.45, 2.75) is 63.2 Å². The Hall–Kier alpha value is -2.95. The van der Waals surface area contributed by atoms with Crippen molar-refractivity contribution in [2.24, 2.45) is 5.92 Å². The monoisotopic (exact) mass is 554 g/mol. The normalized spacial score (nSPS) is 23.6. The maximum absolute atomic E-state index is 13.3. The van der Waals surface area contributed by atoms with Crippen molar-refractivity contribution in [2.75, 3.05) is 13.6 Å². The number of nitrogens with one attached hydrogen (secondary N) is 4. The van der Waals surface area contributed by atoms with Crippen LogP contribution in [0.15, 0.2) is 24.3 Å². The number of fused-ring (bicyclic) bond motifs is 2. The van der Waals surface area contributed by atoms with Gasteiger partial charge in [0.2, 0.25) is 5.91 Å². The topological polar surface area (TPSA) is 119 Å². The van der Waals surface area contributed by atoms with Crippen molar-refractivity contribution >= 4 is 51.6 Å². The summed E-state index contributed by atoms with van der Waals surface area (Å²) in [6.07, 6.45) is 4.58. The van der Waals surface area contributed by atoms with Crippen molar-refractivity contribution < 1.29 is 14.4 Å². The second-order valence-corrected chi connectivity index (χ2v) is 12.3. The van der Waals surface area contributed by atoms with Crippen LogP contribution in [0.3, 0.4) is 0 Å². The van der Waals surface area contributed by atoms with Crippen LogP contribution in [-0.4, -0.2) is 64.3 Å². The van der Waals surface area contributed by atoms with Gasteiger partial charge in [0.05, 0.1) is 11.7 Å². The van der Waals surface area contributed by atoms with E-state index in [1.807, 2.05) is 12.1 Å². The Bertz CT molecular complexity index is 1400. The van der Waals surface area contributed by atoms with Crippen LogP contribution in [0.5, 0.6) is 0 Å². The number of halogens is 1. The maximum Gasteiger partial charge on any atom is 0.280 e. The van der Waals surface area contributed by atoms with E-state index in [4.69, 9.17) is 11.6 Å². The highest BCUT2D eigenvalue weighted by atomic mass is 35.5. The minimum Gasteiger partial charge on any atom is -0.353 e. The average Bonchev–Trinajstić information content (AvgIpc) is 3.43. The molecule has 11 heteroatoms. The van der Waals surface area contributed by atoms with E-state index < -0.39 is 6.04 Å². The lowest BCUT2D eigenvalue weighted by atomic mass is 9.81. The number of aromatic amines is 1. The molecule has 0 saturated heterocycles. The van der Waals surface area contributed by atoms with Gasteiger partial charge in [-0.25, -0.2) is 4.98 Å². The number of carbonyl (C=O) groups is 3. The predicted octanol–water partition coefficient (Wildman–Crippen LogP) is 3.24. The smallest absolute Gasteiger partial charge is 0.280 e. The van der Waals surface area contributed by atoms with E-state index in [2.05, 4.69) is 37.9 Å². The molecule has 6 rings (SSSR count). The lowest BCUT2D eigenvalue weighted by Gasteiger charge is -2.36. The number of benzene rings is 1. The van der Waals surface area contributed by atoms with Gasteiger partial charge in [-0.2, -0.15) is 0 Å². The van der Waals surface area contributed by atoms with Crippen LogP contribution in [0.25, 0.3) is 10.9 Å². The van der Waals surface area contributed by atoms with Crippen LogP contribution in [0.1, 0.15) is 63.0 Å². The van der Waals surface area contributed by atoms with Crippen molar-refractivity contribution in [1.29, 1.82) is 0 Å². The number of nitrogens with zero attached hydrogens (tertiary/aromatic N) is 2. The van der Waals surface area contributed by atoms with Crippen LogP contribution >= 0.6 is 22.9 Å². The van der Waals surface area contributed by atoms with Gasteiger partial charge in [-0.05, 0) is 63.4 Å². The molecule has 1 aliphatic heterocycles. The maximum atomic E-state index is 13.3. The standard InChI is InChI=1S/C27H31ClN6O3S/c1-34-9-8-20-23(13-34)38-27(33-20)26(37)32-21-11-14(24(35)29-17-4-5-17)2-6-19(21)31-25(36)22-12-15-10-16(28)3-7-18(15)30-22/h3,7,10,12,14,17,19,21,30H,2,4-6,8-9,11,13H2,1H3,(H,29,35)(H,31,36)(H,32,37). The number of hydrogen-bond donors (Lipinski definition) is 4. The lowest BCUT2D eigenvalue weighted by molar-refractivity contribution is -0.126. The summed E-state index contributed by atoms with van der Waals surface area (Å²) in [6, 6.07) is 6.77. The zero-order chi connectivity index (χ0) is 26.4. The lowest BCUT2D eigenvalue weighted by Crippen LogP contribution is -2.56. The van der Waals surface area contributed by atoms with Gasteiger partial charge in [-0.1, -0.05) is 11.6 Å². The Morgan fingerprint density at radius 1 is 1.05 bits per heavy atom. The first-order valence-electron chi connectivity index (χ1n) is 13.2. The Morgan fingerprint density at radius 3 is 2.68 bits per heavy atom. The fourth-order valence-electron chi connectivity index (χ4n) is 5.41. The molecule has 2 fully saturated rings. The van der Waals surface area contributed by atoms with E-state index in [0.717, 1.165) is 53.8 Å². The second-order valence-electron chi connectivity index (χ2n) is 10.7. The van der Waals surface area contributed by atoms with Crippen molar-refractivity contribution in [3.05, 3.63) is 50.6 Å². The number of rotatable bonds is 6. The second kappa shape index (κ2) is 10.3. The largest absolute Gasteiger partial charge is 0.353 e. The Kier molecular flexibility index (Phi) is 6.88. The van der Waals surface area contributed by atoms with Crippen LogP contribution in [0.2, 0.25) is 5.02 Å². The van der Waals surface area contributed by atoms with Crippen LogP contribution in [0.4, 0.5) is 0 Å².